The molecule has 0 aliphatic carbocycles. The van der Waals surface area contributed by atoms with E-state index in [0.29, 0.717) is 0 Å². The van der Waals surface area contributed by atoms with Gasteiger partial charge in [-0.25, -0.2) is 0 Å². The van der Waals surface area contributed by atoms with E-state index < -0.39 is 0 Å². The highest BCUT2D eigenvalue weighted by atomic mass is 16.5. The minimum absolute atomic E-state index is 0.892. The molecular formula is C19H23NO. The first-order valence-electron chi connectivity index (χ1n) is 7.86. The van der Waals surface area contributed by atoms with E-state index >= 15 is 0 Å². The van der Waals surface area contributed by atoms with Gasteiger partial charge in [-0.3, -0.25) is 4.90 Å². The van der Waals surface area contributed by atoms with Crippen molar-refractivity contribution < 1.29 is 4.74 Å². The Labute approximate surface area is 127 Å². The summed E-state index contributed by atoms with van der Waals surface area (Å²) in [6.07, 6.45) is 2.37. The summed E-state index contributed by atoms with van der Waals surface area (Å²) in [4.78, 5) is 2.50. The fraction of sp³-hybridized carbons (Fsp3) is 0.368. The van der Waals surface area contributed by atoms with Crippen molar-refractivity contribution in [1.29, 1.82) is 0 Å². The van der Waals surface area contributed by atoms with Gasteiger partial charge in [-0.1, -0.05) is 54.6 Å². The first kappa shape index (κ1) is 14.3. The van der Waals surface area contributed by atoms with Crippen LogP contribution in [-0.2, 0) is 11.2 Å². The number of benzene rings is 2. The summed E-state index contributed by atoms with van der Waals surface area (Å²) in [5.41, 5.74) is 4.05. The fourth-order valence-electron chi connectivity index (χ4n) is 2.87. The van der Waals surface area contributed by atoms with Gasteiger partial charge < -0.3 is 4.74 Å². The minimum Gasteiger partial charge on any atom is -0.379 e. The van der Waals surface area contributed by atoms with E-state index in [2.05, 4.69) is 59.5 Å². The first-order chi connectivity index (χ1) is 10.4. The zero-order chi connectivity index (χ0) is 14.3. The van der Waals surface area contributed by atoms with Crippen LogP contribution in [-0.4, -0.2) is 37.7 Å². The molecule has 0 unspecified atom stereocenters. The second-order valence-electron chi connectivity index (χ2n) is 5.62. The molecule has 2 aromatic rings. The third-order valence-electron chi connectivity index (χ3n) is 4.08. The van der Waals surface area contributed by atoms with Crippen LogP contribution in [0, 0.1) is 0 Å². The van der Waals surface area contributed by atoms with Gasteiger partial charge in [-0.2, -0.15) is 0 Å². The van der Waals surface area contributed by atoms with Crippen LogP contribution in [0.15, 0.2) is 54.6 Å². The van der Waals surface area contributed by atoms with E-state index in [1.54, 1.807) is 0 Å². The monoisotopic (exact) mass is 281 g/mol. The summed E-state index contributed by atoms with van der Waals surface area (Å²) < 4.78 is 5.39. The van der Waals surface area contributed by atoms with E-state index in [4.69, 9.17) is 4.74 Å². The van der Waals surface area contributed by atoms with Gasteiger partial charge in [-0.05, 0) is 36.1 Å². The van der Waals surface area contributed by atoms with Crippen molar-refractivity contribution in [3.63, 3.8) is 0 Å². The molecule has 1 aliphatic rings. The summed E-state index contributed by atoms with van der Waals surface area (Å²) >= 11 is 0. The van der Waals surface area contributed by atoms with E-state index in [0.717, 1.165) is 32.7 Å². The van der Waals surface area contributed by atoms with Crippen molar-refractivity contribution in [3.8, 4) is 11.1 Å². The van der Waals surface area contributed by atoms with Crippen LogP contribution < -0.4 is 0 Å². The van der Waals surface area contributed by atoms with Crippen molar-refractivity contribution in [1.82, 2.24) is 4.90 Å². The predicted octanol–water partition coefficient (Wildman–Crippen LogP) is 3.62. The molecule has 1 saturated heterocycles. The third kappa shape index (κ3) is 4.16. The quantitative estimate of drug-likeness (QED) is 0.830. The molecule has 0 radical (unpaired) electrons. The summed E-state index contributed by atoms with van der Waals surface area (Å²) in [5.74, 6) is 0. The SMILES string of the molecule is c1ccc(-c2cccc(CCCN3CCOCC3)c2)cc1. The average Bonchev–Trinajstić information content (AvgIpc) is 2.57. The Bertz CT molecular complexity index is 547. The topological polar surface area (TPSA) is 12.5 Å². The van der Waals surface area contributed by atoms with Gasteiger partial charge in [0.15, 0.2) is 0 Å². The summed E-state index contributed by atoms with van der Waals surface area (Å²) in [6.45, 7) is 5.14. The lowest BCUT2D eigenvalue weighted by molar-refractivity contribution is 0.0375. The van der Waals surface area contributed by atoms with E-state index in [9.17, 15) is 0 Å². The molecule has 0 aromatic heterocycles. The molecule has 2 heteroatoms. The maximum absolute atomic E-state index is 5.39. The molecule has 0 bridgehead atoms. The molecule has 110 valence electrons. The van der Waals surface area contributed by atoms with Crippen molar-refractivity contribution in [3.05, 3.63) is 60.2 Å². The van der Waals surface area contributed by atoms with Gasteiger partial charge >= 0.3 is 0 Å². The number of ether oxygens (including phenoxy) is 1. The number of hydrogen-bond acceptors (Lipinski definition) is 2. The molecule has 1 fully saturated rings. The Hall–Kier alpha value is -1.64. The Morgan fingerprint density at radius 1 is 0.857 bits per heavy atom. The van der Waals surface area contributed by atoms with Gasteiger partial charge in [-0.15, -0.1) is 0 Å². The van der Waals surface area contributed by atoms with Gasteiger partial charge in [0.1, 0.15) is 0 Å². The molecule has 0 saturated carbocycles. The molecule has 21 heavy (non-hydrogen) atoms. The Morgan fingerprint density at radius 3 is 2.43 bits per heavy atom. The highest BCUT2D eigenvalue weighted by Crippen LogP contribution is 2.20. The van der Waals surface area contributed by atoms with E-state index in [1.807, 2.05) is 0 Å². The molecule has 1 aliphatic heterocycles. The van der Waals surface area contributed by atoms with E-state index in [1.165, 1.54) is 29.7 Å². The molecule has 0 spiro atoms. The largest absolute Gasteiger partial charge is 0.379 e. The molecule has 0 N–H and O–H groups in total. The van der Waals surface area contributed by atoms with Crippen LogP contribution in [0.2, 0.25) is 0 Å². The highest BCUT2D eigenvalue weighted by Gasteiger charge is 2.09. The highest BCUT2D eigenvalue weighted by molar-refractivity contribution is 5.63. The standard InChI is InChI=1S/C19H23NO/c1-2-8-18(9-3-1)19-10-4-6-17(16-19)7-5-11-20-12-14-21-15-13-20/h1-4,6,8-10,16H,5,7,11-15H2. The zero-order valence-corrected chi connectivity index (χ0v) is 12.5. The van der Waals surface area contributed by atoms with Crippen LogP contribution >= 0.6 is 0 Å². The van der Waals surface area contributed by atoms with Crippen LogP contribution in [0.3, 0.4) is 0 Å². The molecule has 2 aromatic carbocycles. The fourth-order valence-corrected chi connectivity index (χ4v) is 2.87. The molecule has 2 nitrogen and oxygen atoms in total. The summed E-state index contributed by atoms with van der Waals surface area (Å²) in [7, 11) is 0. The average molecular weight is 281 g/mol. The number of nitrogens with zero attached hydrogens (tertiary/aromatic N) is 1. The second-order valence-corrected chi connectivity index (χ2v) is 5.62. The maximum Gasteiger partial charge on any atom is 0.0594 e. The molecule has 0 amide bonds. The predicted molar refractivity (Wildman–Crippen MR) is 87.5 cm³/mol. The van der Waals surface area contributed by atoms with Gasteiger partial charge in [0.25, 0.3) is 0 Å². The lowest BCUT2D eigenvalue weighted by Crippen LogP contribution is -2.36. The molecule has 1 heterocycles. The zero-order valence-electron chi connectivity index (χ0n) is 12.5. The molecular weight excluding hydrogens is 258 g/mol. The lowest BCUT2D eigenvalue weighted by atomic mass is 10.0. The maximum atomic E-state index is 5.39. The number of morpholine rings is 1. The van der Waals surface area contributed by atoms with Gasteiger partial charge in [0.05, 0.1) is 13.2 Å². The Kier molecular flexibility index (Phi) is 5.03. The van der Waals surface area contributed by atoms with Gasteiger partial charge in [0.2, 0.25) is 0 Å². The summed E-state index contributed by atoms with van der Waals surface area (Å²) in [6, 6.07) is 19.5. The normalized spacial score (nSPS) is 16.0. The number of hydrogen-bond donors (Lipinski definition) is 0. The second kappa shape index (κ2) is 7.39. The third-order valence-corrected chi connectivity index (χ3v) is 4.08. The first-order valence-corrected chi connectivity index (χ1v) is 7.86. The van der Waals surface area contributed by atoms with E-state index in [-0.39, 0.29) is 0 Å². The van der Waals surface area contributed by atoms with Crippen molar-refractivity contribution in [2.75, 3.05) is 32.8 Å². The van der Waals surface area contributed by atoms with Crippen LogP contribution in [0.25, 0.3) is 11.1 Å². The van der Waals surface area contributed by atoms with Crippen LogP contribution in [0.5, 0.6) is 0 Å². The Morgan fingerprint density at radius 2 is 1.62 bits per heavy atom. The minimum atomic E-state index is 0.892. The molecule has 0 atom stereocenters. The number of aryl methyl sites for hydroxylation is 1. The van der Waals surface area contributed by atoms with Crippen molar-refractivity contribution in [2.45, 2.75) is 12.8 Å². The van der Waals surface area contributed by atoms with Crippen molar-refractivity contribution >= 4 is 0 Å². The summed E-state index contributed by atoms with van der Waals surface area (Å²) in [5, 5.41) is 0. The smallest absolute Gasteiger partial charge is 0.0594 e. The van der Waals surface area contributed by atoms with Crippen LogP contribution in [0.1, 0.15) is 12.0 Å². The Balaban J connectivity index is 1.56. The van der Waals surface area contributed by atoms with Crippen molar-refractivity contribution in [2.24, 2.45) is 0 Å². The van der Waals surface area contributed by atoms with Crippen LogP contribution in [0.4, 0.5) is 0 Å². The number of rotatable bonds is 5. The van der Waals surface area contributed by atoms with Gasteiger partial charge in [0, 0.05) is 13.1 Å². The molecule has 3 rings (SSSR count). The lowest BCUT2D eigenvalue weighted by Gasteiger charge is -2.26.